The molecule has 0 atom stereocenters. The second-order valence-electron chi connectivity index (χ2n) is 11.9. The summed E-state index contributed by atoms with van der Waals surface area (Å²) < 4.78 is 92.4. The molecule has 0 saturated carbocycles. The molecule has 12 nitrogen and oxygen atoms in total. The molecular weight excluding hydrogens is 685 g/mol. The molecule has 0 saturated heterocycles. The molecule has 3 aromatic rings. The molecule has 48 heavy (non-hydrogen) atoms. The molecule has 0 aromatic heterocycles. The molecule has 0 heterocycles. The van der Waals surface area contributed by atoms with Crippen LogP contribution in [-0.4, -0.2) is 74.1 Å². The molecular formula is C33H50O12S3. The van der Waals surface area contributed by atoms with Crippen molar-refractivity contribution in [1.29, 1.82) is 0 Å². The van der Waals surface area contributed by atoms with E-state index in [2.05, 4.69) is 0 Å². The molecule has 15 heteroatoms. The predicted octanol–water partition coefficient (Wildman–Crippen LogP) is 4.94. The number of rotatable bonds is 7. The third-order valence-corrected chi connectivity index (χ3v) is 10.8. The summed E-state index contributed by atoms with van der Waals surface area (Å²) in [6, 6.07) is 10.4. The number of aryl methyl sites for hydroxylation is 9. The number of aliphatic hydroxyl groups excluding tert-OH is 3. The van der Waals surface area contributed by atoms with E-state index in [0.717, 1.165) is 16.7 Å². The van der Waals surface area contributed by atoms with E-state index in [0.29, 0.717) is 39.8 Å². The molecule has 0 spiro atoms. The van der Waals surface area contributed by atoms with E-state index in [9.17, 15) is 25.3 Å². The first kappa shape index (κ1) is 45.3. The lowest BCUT2D eigenvalue weighted by atomic mass is 9.88. The van der Waals surface area contributed by atoms with Crippen LogP contribution in [0.3, 0.4) is 0 Å². The molecule has 6 N–H and O–H groups in total. The SMILES string of the molecule is CCC(CO)(CO)CO.Cc1cc(C)c(S(=O)(=O)O)c(C)c1.Cc1cc(C)c(S(=O)(=O)O)c(C)c1.Cc1cc(C)c(S(=O)(=O)O)c(C)c1. The van der Waals surface area contributed by atoms with Crippen molar-refractivity contribution >= 4 is 30.4 Å². The van der Waals surface area contributed by atoms with Crippen molar-refractivity contribution in [3.63, 3.8) is 0 Å². The summed E-state index contributed by atoms with van der Waals surface area (Å²) in [6.07, 6.45) is 0.594. The Kier molecular flexibility index (Phi) is 17.3. The lowest BCUT2D eigenvalue weighted by Gasteiger charge is -2.24. The van der Waals surface area contributed by atoms with Crippen molar-refractivity contribution in [3.8, 4) is 0 Å². The lowest BCUT2D eigenvalue weighted by Crippen LogP contribution is -2.32. The van der Waals surface area contributed by atoms with Crippen LogP contribution in [0.1, 0.15) is 63.4 Å². The molecule has 0 unspecified atom stereocenters. The number of hydrogen-bond acceptors (Lipinski definition) is 9. The molecule has 0 aliphatic heterocycles. The highest BCUT2D eigenvalue weighted by Crippen LogP contribution is 2.23. The summed E-state index contributed by atoms with van der Waals surface area (Å²) in [5, 5.41) is 26.0. The van der Waals surface area contributed by atoms with E-state index in [4.69, 9.17) is 29.0 Å². The van der Waals surface area contributed by atoms with E-state index in [1.807, 2.05) is 27.7 Å². The monoisotopic (exact) mass is 734 g/mol. The summed E-state index contributed by atoms with van der Waals surface area (Å²) in [5.74, 6) is 0. The van der Waals surface area contributed by atoms with Gasteiger partial charge in [0, 0.05) is 5.41 Å². The largest absolute Gasteiger partial charge is 0.396 e. The third-order valence-electron chi connectivity index (χ3n) is 7.34. The first-order valence-electron chi connectivity index (χ1n) is 14.7. The van der Waals surface area contributed by atoms with Crippen LogP contribution in [0.25, 0.3) is 0 Å². The number of hydrogen-bond donors (Lipinski definition) is 6. The van der Waals surface area contributed by atoms with Crippen LogP contribution in [0, 0.1) is 67.7 Å². The second-order valence-corrected chi connectivity index (χ2v) is 16.0. The maximum atomic E-state index is 10.9. The summed E-state index contributed by atoms with van der Waals surface area (Å²) in [4.78, 5) is 0.0781. The minimum Gasteiger partial charge on any atom is -0.396 e. The van der Waals surface area contributed by atoms with Crippen LogP contribution in [0.5, 0.6) is 0 Å². The lowest BCUT2D eigenvalue weighted by molar-refractivity contribution is 0.00304. The van der Waals surface area contributed by atoms with E-state index in [1.54, 1.807) is 77.9 Å². The van der Waals surface area contributed by atoms with Crippen LogP contribution in [0.4, 0.5) is 0 Å². The zero-order chi connectivity index (χ0) is 38.0. The van der Waals surface area contributed by atoms with Crippen LogP contribution in [-0.2, 0) is 30.4 Å². The van der Waals surface area contributed by atoms with Gasteiger partial charge in [0.05, 0.1) is 34.5 Å². The van der Waals surface area contributed by atoms with Gasteiger partial charge in [-0.05, 0) is 102 Å². The van der Waals surface area contributed by atoms with Gasteiger partial charge in [-0.25, -0.2) is 0 Å². The average molecular weight is 735 g/mol. The van der Waals surface area contributed by atoms with Crippen LogP contribution >= 0.6 is 0 Å². The van der Waals surface area contributed by atoms with Gasteiger partial charge in [0.2, 0.25) is 0 Å². The molecule has 3 rings (SSSR count). The van der Waals surface area contributed by atoms with Gasteiger partial charge in [0.25, 0.3) is 30.4 Å². The average Bonchev–Trinajstić information content (AvgIpc) is 2.87. The van der Waals surface area contributed by atoms with E-state index < -0.39 is 35.8 Å². The zero-order valence-electron chi connectivity index (χ0n) is 29.2. The van der Waals surface area contributed by atoms with Gasteiger partial charge in [0.15, 0.2) is 0 Å². The maximum absolute atomic E-state index is 10.9. The highest BCUT2D eigenvalue weighted by Gasteiger charge is 2.25. The van der Waals surface area contributed by atoms with Crippen molar-refractivity contribution < 1.29 is 54.2 Å². The van der Waals surface area contributed by atoms with E-state index in [-0.39, 0.29) is 34.5 Å². The summed E-state index contributed by atoms with van der Waals surface area (Å²) in [7, 11) is -12.2. The Morgan fingerprint density at radius 2 is 0.604 bits per heavy atom. The van der Waals surface area contributed by atoms with Crippen molar-refractivity contribution in [2.45, 2.75) is 90.3 Å². The van der Waals surface area contributed by atoms with Crippen molar-refractivity contribution in [2.24, 2.45) is 5.41 Å². The maximum Gasteiger partial charge on any atom is 0.295 e. The Balaban J connectivity index is 0.000000620. The van der Waals surface area contributed by atoms with Gasteiger partial charge in [-0.3, -0.25) is 13.7 Å². The fourth-order valence-corrected chi connectivity index (χ4v) is 8.00. The topological polar surface area (TPSA) is 224 Å². The van der Waals surface area contributed by atoms with Crippen molar-refractivity contribution in [2.75, 3.05) is 19.8 Å². The Morgan fingerprint density at radius 3 is 0.688 bits per heavy atom. The standard InChI is InChI=1S/3C9H12O3S.C6H14O3/c3*1-6-4-7(2)9(8(3)5-6)13(10,11)12;1-2-6(3-7,4-8)5-9/h3*4-5H,1-3H3,(H,10,11,12);7-9H,2-5H2,1H3. The smallest absolute Gasteiger partial charge is 0.295 e. The molecule has 0 radical (unpaired) electrons. The molecule has 272 valence electrons. The summed E-state index contributed by atoms with van der Waals surface area (Å²) >= 11 is 0. The Morgan fingerprint density at radius 1 is 0.438 bits per heavy atom. The van der Waals surface area contributed by atoms with Crippen LogP contribution in [0.15, 0.2) is 51.1 Å². The predicted molar refractivity (Wildman–Crippen MR) is 185 cm³/mol. The van der Waals surface area contributed by atoms with Gasteiger partial charge >= 0.3 is 0 Å². The van der Waals surface area contributed by atoms with Crippen molar-refractivity contribution in [1.82, 2.24) is 0 Å². The normalized spacial score (nSPS) is 11.8. The molecule has 3 aromatic carbocycles. The number of aliphatic hydroxyl groups is 3. The zero-order valence-corrected chi connectivity index (χ0v) is 31.6. The molecule has 0 fully saturated rings. The Labute approximate surface area is 285 Å². The van der Waals surface area contributed by atoms with E-state index >= 15 is 0 Å². The number of benzene rings is 3. The molecule has 0 amide bonds. The quantitative estimate of drug-likeness (QED) is 0.178. The second kappa shape index (κ2) is 18.3. The molecule has 0 aliphatic rings. The first-order valence-corrected chi connectivity index (χ1v) is 19.0. The minimum atomic E-state index is -4.08. The van der Waals surface area contributed by atoms with E-state index in [1.165, 1.54) is 0 Å². The van der Waals surface area contributed by atoms with Gasteiger partial charge in [-0.2, -0.15) is 25.3 Å². The fraction of sp³-hybridized carbons (Fsp3) is 0.455. The Bertz CT molecular complexity index is 1590. The van der Waals surface area contributed by atoms with Crippen molar-refractivity contribution in [3.05, 3.63) is 86.5 Å². The van der Waals surface area contributed by atoms with Crippen LogP contribution in [0.2, 0.25) is 0 Å². The molecule has 0 bridgehead atoms. The van der Waals surface area contributed by atoms with Gasteiger partial charge in [0.1, 0.15) is 0 Å². The highest BCUT2D eigenvalue weighted by molar-refractivity contribution is 7.86. The fourth-order valence-electron chi connectivity index (χ4n) is 5.21. The Hall–Kier alpha value is -2.73. The first-order chi connectivity index (χ1) is 21.7. The molecule has 0 aliphatic carbocycles. The summed E-state index contributed by atoms with van der Waals surface area (Å²) in [5.41, 5.74) is 5.80. The minimum absolute atomic E-state index is 0.0260. The van der Waals surface area contributed by atoms with Gasteiger partial charge in [-0.15, -0.1) is 0 Å². The third kappa shape index (κ3) is 13.6. The summed E-state index contributed by atoms with van der Waals surface area (Å²) in [6.45, 7) is 17.0. The van der Waals surface area contributed by atoms with Gasteiger partial charge in [-0.1, -0.05) is 60.0 Å². The highest BCUT2D eigenvalue weighted by atomic mass is 32.2. The van der Waals surface area contributed by atoms with Gasteiger partial charge < -0.3 is 15.3 Å². The van der Waals surface area contributed by atoms with Crippen LogP contribution < -0.4 is 0 Å².